The van der Waals surface area contributed by atoms with Crippen LogP contribution in [0.5, 0.6) is 0 Å². The third-order valence-corrected chi connectivity index (χ3v) is 13.0. The van der Waals surface area contributed by atoms with Gasteiger partial charge in [-0.25, -0.2) is 0 Å². The molecule has 11 aromatic rings. The molecule has 4 nitrogen and oxygen atoms in total. The molecular weight excluding hydrogens is 757 g/mol. The van der Waals surface area contributed by atoms with Gasteiger partial charge in [-0.05, 0) is 184 Å². The summed E-state index contributed by atoms with van der Waals surface area (Å²) < 4.78 is 13.8. The maximum atomic E-state index is 6.89. The first-order valence-electron chi connectivity index (χ1n) is 21.6. The van der Waals surface area contributed by atoms with Gasteiger partial charge in [0.1, 0.15) is 22.3 Å². The summed E-state index contributed by atoms with van der Waals surface area (Å²) in [6, 6.07) is 53.5. The third-order valence-electron chi connectivity index (χ3n) is 13.0. The fraction of sp³-hybridized carbons (Fsp3) is 0.138. The zero-order valence-electron chi connectivity index (χ0n) is 36.6. The van der Waals surface area contributed by atoms with Gasteiger partial charge in [-0.1, -0.05) is 71.8 Å². The van der Waals surface area contributed by atoms with Gasteiger partial charge in [0, 0.05) is 66.8 Å². The predicted octanol–water partition coefficient (Wildman–Crippen LogP) is 17.2. The van der Waals surface area contributed by atoms with Crippen LogP contribution in [0.15, 0.2) is 154 Å². The molecule has 0 bridgehead atoms. The molecule has 0 amide bonds. The first kappa shape index (κ1) is 37.7. The Balaban J connectivity index is 1.04. The summed E-state index contributed by atoms with van der Waals surface area (Å²) in [7, 11) is 0. The second kappa shape index (κ2) is 14.1. The lowest BCUT2D eigenvalue weighted by atomic mass is 9.97. The molecular formula is C58H48N2O2. The lowest BCUT2D eigenvalue weighted by Crippen LogP contribution is -2.11. The highest BCUT2D eigenvalue weighted by atomic mass is 16.3. The molecule has 0 aliphatic rings. The van der Waals surface area contributed by atoms with Crippen molar-refractivity contribution in [2.45, 2.75) is 55.4 Å². The van der Waals surface area contributed by atoms with Crippen LogP contribution in [0.25, 0.3) is 65.4 Å². The Morgan fingerprint density at radius 2 is 0.694 bits per heavy atom. The standard InChI is InChI=1S/C58H48N2O2/c1-33-11-19-45(20-12-33)59(51-25-35(3)9-15-37(51)5)47-23-17-41-29-49-53(31-43(41)27-47)61-57-40(8)56-50-30-42-18-24-48(28-44(42)32-54(50)62-58(56)39(7)55(49)57)60(46-21-13-34(2)14-22-46)52-26-36(4)10-16-38(52)6/h9-32H,1-8H3. The number of fused-ring (bicyclic) bond motifs is 8. The zero-order chi connectivity index (χ0) is 42.6. The number of anilines is 6. The number of hydrogen-bond acceptors (Lipinski definition) is 4. The summed E-state index contributed by atoms with van der Waals surface area (Å²) in [4.78, 5) is 4.74. The predicted molar refractivity (Wildman–Crippen MR) is 263 cm³/mol. The van der Waals surface area contributed by atoms with E-state index in [2.05, 4.69) is 211 Å². The van der Waals surface area contributed by atoms with Crippen LogP contribution >= 0.6 is 0 Å². The van der Waals surface area contributed by atoms with E-state index in [1.807, 2.05) is 0 Å². The summed E-state index contributed by atoms with van der Waals surface area (Å²) in [5, 5.41) is 9.02. The van der Waals surface area contributed by atoms with Crippen LogP contribution in [0.2, 0.25) is 0 Å². The van der Waals surface area contributed by atoms with E-state index >= 15 is 0 Å². The molecule has 0 N–H and O–H groups in total. The van der Waals surface area contributed by atoms with E-state index in [9.17, 15) is 0 Å². The number of hydrogen-bond donors (Lipinski definition) is 0. The van der Waals surface area contributed by atoms with Crippen LogP contribution in [0.4, 0.5) is 34.1 Å². The molecule has 9 aromatic carbocycles. The minimum atomic E-state index is 0.876. The lowest BCUT2D eigenvalue weighted by Gasteiger charge is -2.28. The molecule has 0 fully saturated rings. The molecule has 2 heterocycles. The molecule has 0 atom stereocenters. The average Bonchev–Trinajstić information content (AvgIpc) is 3.84. The van der Waals surface area contributed by atoms with Crippen molar-refractivity contribution >= 4 is 99.5 Å². The van der Waals surface area contributed by atoms with E-state index in [-0.39, 0.29) is 0 Å². The van der Waals surface area contributed by atoms with Crippen LogP contribution in [0.1, 0.15) is 44.5 Å². The summed E-state index contributed by atoms with van der Waals surface area (Å²) in [6.07, 6.45) is 0. The van der Waals surface area contributed by atoms with Crippen molar-refractivity contribution < 1.29 is 8.83 Å². The Labute approximate surface area is 362 Å². The smallest absolute Gasteiger partial charge is 0.139 e. The summed E-state index contributed by atoms with van der Waals surface area (Å²) >= 11 is 0. The Morgan fingerprint density at radius 1 is 0.323 bits per heavy atom. The van der Waals surface area contributed by atoms with Crippen molar-refractivity contribution in [2.24, 2.45) is 0 Å². The topological polar surface area (TPSA) is 32.8 Å². The Bertz CT molecular complexity index is 3370. The molecule has 4 heteroatoms. The monoisotopic (exact) mass is 804 g/mol. The van der Waals surface area contributed by atoms with Gasteiger partial charge in [0.25, 0.3) is 0 Å². The number of furan rings is 2. The van der Waals surface area contributed by atoms with Crippen molar-refractivity contribution in [1.29, 1.82) is 0 Å². The van der Waals surface area contributed by atoms with Crippen molar-refractivity contribution in [3.63, 3.8) is 0 Å². The minimum Gasteiger partial charge on any atom is -0.456 e. The van der Waals surface area contributed by atoms with Crippen LogP contribution in [0.3, 0.4) is 0 Å². The Morgan fingerprint density at radius 3 is 1.10 bits per heavy atom. The van der Waals surface area contributed by atoms with Crippen LogP contribution < -0.4 is 9.80 Å². The molecule has 0 aliphatic heterocycles. The van der Waals surface area contributed by atoms with Crippen LogP contribution in [-0.2, 0) is 0 Å². The highest BCUT2D eigenvalue weighted by Gasteiger charge is 2.23. The van der Waals surface area contributed by atoms with E-state index in [0.29, 0.717) is 0 Å². The number of aryl methyl sites for hydroxylation is 8. The maximum Gasteiger partial charge on any atom is 0.139 e. The molecule has 0 saturated heterocycles. The van der Waals surface area contributed by atoms with Gasteiger partial charge >= 0.3 is 0 Å². The molecule has 0 aliphatic carbocycles. The first-order valence-corrected chi connectivity index (χ1v) is 21.6. The van der Waals surface area contributed by atoms with E-state index in [1.165, 1.54) is 44.8 Å². The average molecular weight is 805 g/mol. The first-order chi connectivity index (χ1) is 30.0. The molecule has 0 radical (unpaired) electrons. The number of benzene rings is 9. The van der Waals surface area contributed by atoms with Crippen molar-refractivity contribution in [2.75, 3.05) is 9.80 Å². The Kier molecular flexibility index (Phi) is 8.59. The normalized spacial score (nSPS) is 11.9. The number of nitrogens with zero attached hydrogens (tertiary/aromatic N) is 2. The molecule has 11 rings (SSSR count). The van der Waals surface area contributed by atoms with Gasteiger partial charge < -0.3 is 18.6 Å². The largest absolute Gasteiger partial charge is 0.456 e. The summed E-state index contributed by atoms with van der Waals surface area (Å²) in [5.74, 6) is 0. The molecule has 302 valence electrons. The van der Waals surface area contributed by atoms with Gasteiger partial charge in [-0.2, -0.15) is 0 Å². The van der Waals surface area contributed by atoms with Gasteiger partial charge in [-0.15, -0.1) is 0 Å². The van der Waals surface area contributed by atoms with Gasteiger partial charge in [0.05, 0.1) is 0 Å². The van der Waals surface area contributed by atoms with E-state index < -0.39 is 0 Å². The van der Waals surface area contributed by atoms with Crippen LogP contribution in [-0.4, -0.2) is 0 Å². The quantitative estimate of drug-likeness (QED) is 0.168. The van der Waals surface area contributed by atoms with Gasteiger partial charge in [-0.3, -0.25) is 0 Å². The van der Waals surface area contributed by atoms with Crippen molar-refractivity contribution in [1.82, 2.24) is 0 Å². The summed E-state index contributed by atoms with van der Waals surface area (Å²) in [6.45, 7) is 17.3. The minimum absolute atomic E-state index is 0.876. The third kappa shape index (κ3) is 6.04. The van der Waals surface area contributed by atoms with Crippen molar-refractivity contribution in [3.05, 3.63) is 190 Å². The highest BCUT2D eigenvalue weighted by molar-refractivity contribution is 6.22. The molecule has 2 aromatic heterocycles. The van der Waals surface area contributed by atoms with E-state index in [4.69, 9.17) is 8.83 Å². The number of rotatable bonds is 6. The maximum absolute atomic E-state index is 6.89. The summed E-state index contributed by atoms with van der Waals surface area (Å²) in [5.41, 5.74) is 20.0. The van der Waals surface area contributed by atoms with E-state index in [1.54, 1.807) is 0 Å². The fourth-order valence-electron chi connectivity index (χ4n) is 9.60. The SMILES string of the molecule is Cc1ccc(N(c2ccc3cc4c(cc3c2)oc2c(C)c3c(oc5cc6cc(N(c7ccc(C)cc7)c7cc(C)ccc7C)ccc6cc53)c(C)c24)c2cc(C)ccc2C)cc1. The second-order valence-electron chi connectivity index (χ2n) is 17.5. The van der Waals surface area contributed by atoms with E-state index in [0.717, 1.165) is 99.3 Å². The molecule has 0 saturated carbocycles. The lowest BCUT2D eigenvalue weighted by molar-refractivity contribution is 0.660. The molecule has 0 spiro atoms. The van der Waals surface area contributed by atoms with Gasteiger partial charge in [0.15, 0.2) is 0 Å². The Hall–Kier alpha value is -7.30. The van der Waals surface area contributed by atoms with Gasteiger partial charge in [0.2, 0.25) is 0 Å². The van der Waals surface area contributed by atoms with Crippen molar-refractivity contribution in [3.8, 4) is 0 Å². The molecule has 62 heavy (non-hydrogen) atoms. The van der Waals surface area contributed by atoms with Crippen LogP contribution in [0, 0.1) is 55.4 Å². The second-order valence-corrected chi connectivity index (χ2v) is 17.5. The fourth-order valence-corrected chi connectivity index (χ4v) is 9.60. The molecule has 0 unspecified atom stereocenters. The highest BCUT2D eigenvalue weighted by Crippen LogP contribution is 2.46. The zero-order valence-corrected chi connectivity index (χ0v) is 36.6.